The van der Waals surface area contributed by atoms with Gasteiger partial charge in [0, 0.05) is 30.2 Å². The lowest BCUT2D eigenvalue weighted by atomic mass is 10.2. The van der Waals surface area contributed by atoms with Crippen LogP contribution in [0.1, 0.15) is 12.5 Å². The van der Waals surface area contributed by atoms with Crippen molar-refractivity contribution < 1.29 is 9.72 Å². The second kappa shape index (κ2) is 6.93. The van der Waals surface area contributed by atoms with Crippen molar-refractivity contribution >= 4 is 23.2 Å². The fourth-order valence-electron chi connectivity index (χ4n) is 1.38. The molecule has 0 saturated heterocycles. The fraction of sp³-hybridized carbons (Fsp3) is 0.364. The predicted octanol–water partition coefficient (Wildman–Crippen LogP) is 1.47. The van der Waals surface area contributed by atoms with Crippen molar-refractivity contribution in [1.82, 2.24) is 10.6 Å². The monoisotopic (exact) mass is 271 g/mol. The van der Waals surface area contributed by atoms with E-state index >= 15 is 0 Å². The van der Waals surface area contributed by atoms with Crippen molar-refractivity contribution in [2.45, 2.75) is 13.5 Å². The van der Waals surface area contributed by atoms with Gasteiger partial charge in [0.25, 0.3) is 5.69 Å². The molecule has 1 aromatic rings. The van der Waals surface area contributed by atoms with Crippen LogP contribution in [0.3, 0.4) is 0 Å². The van der Waals surface area contributed by atoms with Crippen molar-refractivity contribution in [3.63, 3.8) is 0 Å². The number of hydrogen-bond donors (Lipinski definition) is 2. The van der Waals surface area contributed by atoms with E-state index in [9.17, 15) is 14.9 Å². The number of non-ortho nitro benzene ring substituents is 1. The van der Waals surface area contributed by atoms with Crippen LogP contribution in [-0.4, -0.2) is 23.9 Å². The van der Waals surface area contributed by atoms with Gasteiger partial charge in [-0.15, -0.1) is 0 Å². The van der Waals surface area contributed by atoms with Crippen molar-refractivity contribution in [3.8, 4) is 0 Å². The number of halogens is 1. The molecule has 0 unspecified atom stereocenters. The molecule has 0 heterocycles. The SMILES string of the molecule is CCNC(=O)CNCc1cc([N+](=O)[O-])ccc1Cl. The Morgan fingerprint density at radius 2 is 2.22 bits per heavy atom. The van der Waals surface area contributed by atoms with Crippen LogP contribution in [0.25, 0.3) is 0 Å². The summed E-state index contributed by atoms with van der Waals surface area (Å²) in [4.78, 5) is 21.3. The molecule has 18 heavy (non-hydrogen) atoms. The Morgan fingerprint density at radius 1 is 1.50 bits per heavy atom. The summed E-state index contributed by atoms with van der Waals surface area (Å²) in [5, 5.41) is 16.6. The van der Waals surface area contributed by atoms with Crippen LogP contribution in [0.5, 0.6) is 0 Å². The largest absolute Gasteiger partial charge is 0.355 e. The van der Waals surface area contributed by atoms with Crippen LogP contribution >= 0.6 is 11.6 Å². The van der Waals surface area contributed by atoms with E-state index in [4.69, 9.17) is 11.6 Å². The zero-order chi connectivity index (χ0) is 13.5. The standard InChI is InChI=1S/C11H14ClN3O3/c1-2-14-11(16)7-13-6-8-5-9(15(17)18)3-4-10(8)12/h3-5,13H,2,6-7H2,1H3,(H,14,16). The number of carbonyl (C=O) groups is 1. The first-order chi connectivity index (χ1) is 8.54. The minimum absolute atomic E-state index is 0.0193. The third-order valence-corrected chi connectivity index (χ3v) is 2.58. The number of amides is 1. The Morgan fingerprint density at radius 3 is 2.83 bits per heavy atom. The topological polar surface area (TPSA) is 84.3 Å². The third-order valence-electron chi connectivity index (χ3n) is 2.22. The molecule has 0 bridgehead atoms. The molecule has 0 aromatic heterocycles. The summed E-state index contributed by atoms with van der Waals surface area (Å²) in [6, 6.07) is 4.21. The lowest BCUT2D eigenvalue weighted by Gasteiger charge is -2.06. The molecular weight excluding hydrogens is 258 g/mol. The number of nitro benzene ring substituents is 1. The van der Waals surface area contributed by atoms with E-state index in [1.165, 1.54) is 18.2 Å². The molecule has 0 atom stereocenters. The average Bonchev–Trinajstić information content (AvgIpc) is 2.31. The smallest absolute Gasteiger partial charge is 0.269 e. The molecule has 98 valence electrons. The first kappa shape index (κ1) is 14.4. The zero-order valence-electron chi connectivity index (χ0n) is 9.90. The Bertz CT molecular complexity index is 451. The molecule has 0 aliphatic carbocycles. The van der Waals surface area contributed by atoms with Gasteiger partial charge in [0.2, 0.25) is 5.91 Å². The highest BCUT2D eigenvalue weighted by atomic mass is 35.5. The first-order valence-electron chi connectivity index (χ1n) is 5.44. The molecule has 0 saturated carbocycles. The molecule has 0 aliphatic rings. The lowest BCUT2D eigenvalue weighted by molar-refractivity contribution is -0.384. The Labute approximate surface area is 109 Å². The molecule has 0 radical (unpaired) electrons. The van der Waals surface area contributed by atoms with Gasteiger partial charge in [-0.05, 0) is 18.6 Å². The van der Waals surface area contributed by atoms with Gasteiger partial charge in [-0.2, -0.15) is 0 Å². The summed E-state index contributed by atoms with van der Waals surface area (Å²) in [5.74, 6) is -0.126. The molecule has 0 spiro atoms. The van der Waals surface area contributed by atoms with Crippen LogP contribution in [0.2, 0.25) is 5.02 Å². The number of nitrogens with zero attached hydrogens (tertiary/aromatic N) is 1. The van der Waals surface area contributed by atoms with E-state index in [0.29, 0.717) is 23.7 Å². The summed E-state index contributed by atoms with van der Waals surface area (Å²) in [7, 11) is 0. The maximum absolute atomic E-state index is 11.2. The molecule has 1 rings (SSSR count). The minimum atomic E-state index is -0.483. The second-order valence-corrected chi connectivity index (χ2v) is 4.00. The highest BCUT2D eigenvalue weighted by molar-refractivity contribution is 6.31. The summed E-state index contributed by atoms with van der Waals surface area (Å²) < 4.78 is 0. The Balaban J connectivity index is 2.58. The zero-order valence-corrected chi connectivity index (χ0v) is 10.7. The quantitative estimate of drug-likeness (QED) is 0.606. The molecule has 0 fully saturated rings. The second-order valence-electron chi connectivity index (χ2n) is 3.59. The van der Waals surface area contributed by atoms with Crippen LogP contribution in [0.15, 0.2) is 18.2 Å². The minimum Gasteiger partial charge on any atom is -0.355 e. The number of likely N-dealkylation sites (N-methyl/N-ethyl adjacent to an activating group) is 1. The molecule has 7 heteroatoms. The van der Waals surface area contributed by atoms with E-state index in [2.05, 4.69) is 10.6 Å². The number of benzene rings is 1. The summed E-state index contributed by atoms with van der Waals surface area (Å²) in [6.07, 6.45) is 0. The number of nitro groups is 1. The van der Waals surface area contributed by atoms with Gasteiger partial charge in [0.15, 0.2) is 0 Å². The van der Waals surface area contributed by atoms with E-state index in [1.807, 2.05) is 6.92 Å². The van der Waals surface area contributed by atoms with Gasteiger partial charge < -0.3 is 10.6 Å². The number of hydrogen-bond acceptors (Lipinski definition) is 4. The van der Waals surface area contributed by atoms with Crippen LogP contribution < -0.4 is 10.6 Å². The summed E-state index contributed by atoms with van der Waals surface area (Å²) in [5.41, 5.74) is 0.573. The van der Waals surface area contributed by atoms with Gasteiger partial charge in [0.05, 0.1) is 11.5 Å². The van der Waals surface area contributed by atoms with Crippen LogP contribution in [-0.2, 0) is 11.3 Å². The average molecular weight is 272 g/mol. The molecule has 6 nitrogen and oxygen atoms in total. The predicted molar refractivity (Wildman–Crippen MR) is 68.5 cm³/mol. The Kier molecular flexibility index (Phi) is 5.54. The van der Waals surface area contributed by atoms with Gasteiger partial charge in [-0.1, -0.05) is 11.6 Å². The van der Waals surface area contributed by atoms with Crippen LogP contribution in [0, 0.1) is 10.1 Å². The number of nitrogens with one attached hydrogen (secondary N) is 2. The molecular formula is C11H14ClN3O3. The van der Waals surface area contributed by atoms with E-state index in [0.717, 1.165) is 0 Å². The van der Waals surface area contributed by atoms with Crippen molar-refractivity contribution in [2.75, 3.05) is 13.1 Å². The molecule has 1 amide bonds. The fourth-order valence-corrected chi connectivity index (χ4v) is 1.56. The Hall–Kier alpha value is -1.66. The number of carbonyl (C=O) groups excluding carboxylic acids is 1. The van der Waals surface area contributed by atoms with Crippen molar-refractivity contribution in [1.29, 1.82) is 0 Å². The number of rotatable bonds is 6. The van der Waals surface area contributed by atoms with E-state index in [-0.39, 0.29) is 18.1 Å². The third kappa shape index (κ3) is 4.31. The molecule has 2 N–H and O–H groups in total. The highest BCUT2D eigenvalue weighted by Crippen LogP contribution is 2.21. The van der Waals surface area contributed by atoms with Gasteiger partial charge in [0.1, 0.15) is 0 Å². The van der Waals surface area contributed by atoms with Crippen LogP contribution in [0.4, 0.5) is 5.69 Å². The van der Waals surface area contributed by atoms with E-state index < -0.39 is 4.92 Å². The molecule has 1 aromatic carbocycles. The van der Waals surface area contributed by atoms with E-state index in [1.54, 1.807) is 0 Å². The maximum atomic E-state index is 11.2. The lowest BCUT2D eigenvalue weighted by Crippen LogP contribution is -2.33. The van der Waals surface area contributed by atoms with Crippen molar-refractivity contribution in [3.05, 3.63) is 38.9 Å². The normalized spacial score (nSPS) is 10.1. The first-order valence-corrected chi connectivity index (χ1v) is 5.82. The van der Waals surface area contributed by atoms with Gasteiger partial charge >= 0.3 is 0 Å². The van der Waals surface area contributed by atoms with Gasteiger partial charge in [-0.3, -0.25) is 14.9 Å². The molecule has 0 aliphatic heterocycles. The summed E-state index contributed by atoms with van der Waals surface area (Å²) in [6.45, 7) is 2.85. The maximum Gasteiger partial charge on any atom is 0.269 e. The van der Waals surface area contributed by atoms with Crippen molar-refractivity contribution in [2.24, 2.45) is 0 Å². The van der Waals surface area contributed by atoms with Gasteiger partial charge in [-0.25, -0.2) is 0 Å². The summed E-state index contributed by atoms with van der Waals surface area (Å²) >= 11 is 5.91. The highest BCUT2D eigenvalue weighted by Gasteiger charge is 2.09.